The summed E-state index contributed by atoms with van der Waals surface area (Å²) in [7, 11) is 0. The molecular formula is C15H13ClF3N3O2. The number of nitrogens with zero attached hydrogens (tertiary/aromatic N) is 3. The Morgan fingerprint density at radius 3 is 2.79 bits per heavy atom. The topological polar surface area (TPSA) is 68.8 Å². The lowest BCUT2D eigenvalue weighted by Gasteiger charge is -2.21. The largest absolute Gasteiger partial charge is 0.450 e. The number of aliphatic hydroxyl groups is 1. The summed E-state index contributed by atoms with van der Waals surface area (Å²) in [5.74, 6) is 0. The number of rotatable bonds is 1. The monoisotopic (exact) mass is 359 g/mol. The number of ether oxygens (including phenoxy) is 1. The lowest BCUT2D eigenvalue weighted by Crippen LogP contribution is -2.45. The molecule has 5 nitrogen and oxygen atoms in total. The minimum atomic E-state index is -4.61. The fourth-order valence-corrected chi connectivity index (χ4v) is 3.18. The van der Waals surface area contributed by atoms with Crippen LogP contribution in [0.4, 0.5) is 18.9 Å². The van der Waals surface area contributed by atoms with E-state index in [-0.39, 0.29) is 29.6 Å². The molecule has 1 N–H and O–H groups in total. The number of benzene rings is 1. The fourth-order valence-electron chi connectivity index (χ4n) is 2.97. The molecule has 0 amide bonds. The van der Waals surface area contributed by atoms with E-state index in [9.17, 15) is 18.3 Å². The number of hydrogen-bond donors (Lipinski definition) is 1. The minimum Gasteiger partial charge on any atom is -0.450 e. The predicted octanol–water partition coefficient (Wildman–Crippen LogP) is 2.90. The highest BCUT2D eigenvalue weighted by Crippen LogP contribution is 2.39. The van der Waals surface area contributed by atoms with E-state index in [2.05, 4.69) is 4.99 Å². The Morgan fingerprint density at radius 1 is 1.46 bits per heavy atom. The van der Waals surface area contributed by atoms with Gasteiger partial charge >= 0.3 is 6.18 Å². The molecule has 128 valence electrons. The Morgan fingerprint density at radius 2 is 2.17 bits per heavy atom. The van der Waals surface area contributed by atoms with Gasteiger partial charge in [-0.1, -0.05) is 11.6 Å². The number of alkyl halides is 3. The average Bonchev–Trinajstić information content (AvgIpc) is 3.06. The lowest BCUT2D eigenvalue weighted by atomic mass is 10.1. The van der Waals surface area contributed by atoms with Crippen LogP contribution in [-0.4, -0.2) is 47.0 Å². The van der Waals surface area contributed by atoms with Gasteiger partial charge < -0.3 is 14.7 Å². The van der Waals surface area contributed by atoms with Gasteiger partial charge in [0.1, 0.15) is 12.1 Å². The van der Waals surface area contributed by atoms with Crippen molar-refractivity contribution in [3.05, 3.63) is 28.3 Å². The molecule has 0 bridgehead atoms. The average molecular weight is 360 g/mol. The molecule has 0 radical (unpaired) electrons. The molecule has 0 aliphatic carbocycles. The maximum Gasteiger partial charge on any atom is 0.427 e. The van der Waals surface area contributed by atoms with E-state index in [0.29, 0.717) is 11.3 Å². The van der Waals surface area contributed by atoms with E-state index < -0.39 is 24.4 Å². The molecule has 2 fully saturated rings. The van der Waals surface area contributed by atoms with Crippen molar-refractivity contribution in [2.24, 2.45) is 4.99 Å². The van der Waals surface area contributed by atoms with Crippen LogP contribution in [-0.2, 0) is 4.74 Å². The van der Waals surface area contributed by atoms with Crippen molar-refractivity contribution in [3.63, 3.8) is 0 Å². The highest BCUT2D eigenvalue weighted by molar-refractivity contribution is 6.32. The van der Waals surface area contributed by atoms with E-state index in [1.54, 1.807) is 6.92 Å². The van der Waals surface area contributed by atoms with Crippen LogP contribution in [0.5, 0.6) is 0 Å². The van der Waals surface area contributed by atoms with Crippen LogP contribution in [0.2, 0.25) is 5.02 Å². The molecule has 2 aliphatic rings. The second-order valence-electron chi connectivity index (χ2n) is 5.70. The molecule has 2 aliphatic heterocycles. The summed E-state index contributed by atoms with van der Waals surface area (Å²) in [6.45, 7) is 1.84. The summed E-state index contributed by atoms with van der Waals surface area (Å²) < 4.78 is 44.5. The molecule has 24 heavy (non-hydrogen) atoms. The molecule has 9 heteroatoms. The van der Waals surface area contributed by atoms with Crippen LogP contribution >= 0.6 is 11.6 Å². The number of nitriles is 1. The SMILES string of the molecule is Cc1c(N=C2O[C@@H](C(F)(F)F)[C@@H]3C(O)CCN23)ccc(C#N)c1Cl. The van der Waals surface area contributed by atoms with Crippen LogP contribution in [0.3, 0.4) is 0 Å². The zero-order valence-electron chi connectivity index (χ0n) is 12.5. The van der Waals surface area contributed by atoms with Gasteiger partial charge in [-0.3, -0.25) is 0 Å². The number of hydrogen-bond acceptors (Lipinski definition) is 4. The molecule has 2 heterocycles. The number of fused-ring (bicyclic) bond motifs is 1. The standard InChI is InChI=1S/C15H13ClF3N3O2/c1-7-9(3-2-8(6-20)11(7)16)21-14-22-5-4-10(23)12(22)13(24-14)15(17,18)19/h2-3,10,12-13,23H,4-5H2,1H3/t10?,12-,13+/m0/s1. The van der Waals surface area contributed by atoms with Crippen LogP contribution < -0.4 is 0 Å². The second kappa shape index (κ2) is 5.83. The second-order valence-corrected chi connectivity index (χ2v) is 6.08. The molecule has 2 saturated heterocycles. The third-order valence-electron chi connectivity index (χ3n) is 4.23. The number of halogens is 4. The van der Waals surface area contributed by atoms with Crippen LogP contribution in [0.1, 0.15) is 17.5 Å². The van der Waals surface area contributed by atoms with E-state index in [4.69, 9.17) is 21.6 Å². The summed E-state index contributed by atoms with van der Waals surface area (Å²) in [5, 5.41) is 19.0. The van der Waals surface area contributed by atoms with Gasteiger partial charge in [0.15, 0.2) is 0 Å². The first-order valence-corrected chi connectivity index (χ1v) is 7.58. The molecule has 3 atom stereocenters. The lowest BCUT2D eigenvalue weighted by molar-refractivity contribution is -0.203. The normalized spacial score (nSPS) is 28.0. The van der Waals surface area contributed by atoms with Gasteiger partial charge in [-0.15, -0.1) is 0 Å². The smallest absolute Gasteiger partial charge is 0.427 e. The Labute approximate surface area is 140 Å². The molecule has 0 aromatic heterocycles. The molecule has 0 spiro atoms. The van der Waals surface area contributed by atoms with Gasteiger partial charge in [-0.05, 0) is 31.0 Å². The van der Waals surface area contributed by atoms with Crippen LogP contribution in [0.15, 0.2) is 17.1 Å². The highest BCUT2D eigenvalue weighted by atomic mass is 35.5. The van der Waals surface area contributed by atoms with Gasteiger partial charge in [0.2, 0.25) is 6.10 Å². The fraction of sp³-hybridized carbons (Fsp3) is 0.467. The summed E-state index contributed by atoms with van der Waals surface area (Å²) >= 11 is 6.05. The molecule has 3 rings (SSSR count). The Hall–Kier alpha value is -1.98. The first-order valence-electron chi connectivity index (χ1n) is 7.20. The van der Waals surface area contributed by atoms with E-state index in [0.717, 1.165) is 0 Å². The summed E-state index contributed by atoms with van der Waals surface area (Å²) in [6, 6.07) is 3.48. The Balaban J connectivity index is 2.00. The quantitative estimate of drug-likeness (QED) is 0.837. The zero-order valence-corrected chi connectivity index (χ0v) is 13.3. The van der Waals surface area contributed by atoms with Gasteiger partial charge in [0, 0.05) is 6.54 Å². The molecule has 0 saturated carbocycles. The third-order valence-corrected chi connectivity index (χ3v) is 4.71. The Kier molecular flexibility index (Phi) is 4.10. The van der Waals surface area contributed by atoms with Gasteiger partial charge in [0.25, 0.3) is 6.02 Å². The van der Waals surface area contributed by atoms with E-state index in [1.165, 1.54) is 17.0 Å². The summed E-state index contributed by atoms with van der Waals surface area (Å²) in [4.78, 5) is 5.48. The van der Waals surface area contributed by atoms with Crippen molar-refractivity contribution >= 4 is 23.3 Å². The van der Waals surface area contributed by atoms with Crippen molar-refractivity contribution in [3.8, 4) is 6.07 Å². The van der Waals surface area contributed by atoms with Crippen LogP contribution in [0.25, 0.3) is 0 Å². The Bertz CT molecular complexity index is 745. The number of amidine groups is 1. The van der Waals surface area contributed by atoms with E-state index >= 15 is 0 Å². The van der Waals surface area contributed by atoms with Crippen molar-refractivity contribution in [1.29, 1.82) is 5.26 Å². The molecule has 1 aromatic carbocycles. The van der Waals surface area contributed by atoms with Crippen molar-refractivity contribution in [2.75, 3.05) is 6.54 Å². The first-order chi connectivity index (χ1) is 11.2. The molecule has 1 aromatic rings. The van der Waals surface area contributed by atoms with Crippen molar-refractivity contribution < 1.29 is 23.0 Å². The van der Waals surface area contributed by atoms with Gasteiger partial charge in [0.05, 0.1) is 22.4 Å². The zero-order chi connectivity index (χ0) is 17.6. The molecular weight excluding hydrogens is 347 g/mol. The summed E-state index contributed by atoms with van der Waals surface area (Å²) in [5.41, 5.74) is 1.05. The molecule has 1 unspecified atom stereocenters. The van der Waals surface area contributed by atoms with E-state index in [1.807, 2.05) is 6.07 Å². The van der Waals surface area contributed by atoms with Crippen molar-refractivity contribution in [1.82, 2.24) is 4.90 Å². The number of aliphatic hydroxyl groups excluding tert-OH is 1. The maximum absolute atomic E-state index is 13.2. The van der Waals surface area contributed by atoms with Crippen molar-refractivity contribution in [2.45, 2.75) is 37.8 Å². The van der Waals surface area contributed by atoms with Crippen LogP contribution in [0, 0.1) is 18.3 Å². The highest BCUT2D eigenvalue weighted by Gasteiger charge is 2.59. The van der Waals surface area contributed by atoms with Gasteiger partial charge in [-0.2, -0.15) is 23.4 Å². The van der Waals surface area contributed by atoms with Gasteiger partial charge in [-0.25, -0.2) is 0 Å². The first kappa shape index (κ1) is 16.9. The number of aliphatic imine (C=N–C) groups is 1. The summed E-state index contributed by atoms with van der Waals surface area (Å²) in [6.07, 6.45) is -7.65. The predicted molar refractivity (Wildman–Crippen MR) is 80.0 cm³/mol. The minimum absolute atomic E-state index is 0.192. The maximum atomic E-state index is 13.2. The third kappa shape index (κ3) is 2.68.